The highest BCUT2D eigenvalue weighted by atomic mass is 35.5. The van der Waals surface area contributed by atoms with E-state index in [1.165, 1.54) is 26.6 Å². The minimum absolute atomic E-state index is 0.0209. The molecule has 0 saturated carbocycles. The van der Waals surface area contributed by atoms with Crippen LogP contribution in [0, 0.1) is 0 Å². The number of Topliss-reactive ketones (excluding diaryl/α,β-unsaturated/α-hetero) is 1. The van der Waals surface area contributed by atoms with Gasteiger partial charge in [0.05, 0.1) is 29.8 Å². The molecule has 1 aromatic heterocycles. The Morgan fingerprint density at radius 2 is 1.57 bits per heavy atom. The monoisotopic (exact) mass is 465 g/mol. The zero-order chi connectivity index (χ0) is 21.7. The summed E-state index contributed by atoms with van der Waals surface area (Å²) < 4.78 is 16.8. The van der Waals surface area contributed by atoms with Gasteiger partial charge in [0, 0.05) is 29.4 Å². The van der Waals surface area contributed by atoms with Gasteiger partial charge in [-0.1, -0.05) is 46.9 Å². The van der Waals surface area contributed by atoms with Gasteiger partial charge in [0.25, 0.3) is 0 Å². The number of rotatable bonds is 8. The lowest BCUT2D eigenvalue weighted by Gasteiger charge is -2.17. The predicted molar refractivity (Wildman–Crippen MR) is 118 cm³/mol. The molecule has 0 amide bonds. The van der Waals surface area contributed by atoms with E-state index in [0.29, 0.717) is 37.7 Å². The number of ketones is 1. The van der Waals surface area contributed by atoms with E-state index in [0.717, 1.165) is 5.56 Å². The van der Waals surface area contributed by atoms with E-state index in [2.05, 4.69) is 4.98 Å². The van der Waals surface area contributed by atoms with Crippen LogP contribution in [-0.2, 0) is 13.0 Å². The van der Waals surface area contributed by atoms with Gasteiger partial charge in [0.1, 0.15) is 6.61 Å². The van der Waals surface area contributed by atoms with E-state index in [1.807, 2.05) is 12.1 Å². The molecule has 0 spiro atoms. The first-order chi connectivity index (χ1) is 14.4. The largest absolute Gasteiger partial charge is 0.493 e. The molecule has 5 nitrogen and oxygen atoms in total. The van der Waals surface area contributed by atoms with Crippen LogP contribution in [0.5, 0.6) is 17.2 Å². The van der Waals surface area contributed by atoms with Crippen molar-refractivity contribution in [2.75, 3.05) is 14.2 Å². The molecule has 0 N–H and O–H groups in total. The van der Waals surface area contributed by atoms with Gasteiger partial charge in [0.15, 0.2) is 17.3 Å². The second kappa shape index (κ2) is 10.0. The maximum absolute atomic E-state index is 13.1. The van der Waals surface area contributed by atoms with Crippen molar-refractivity contribution in [2.24, 2.45) is 0 Å². The van der Waals surface area contributed by atoms with E-state index in [4.69, 9.17) is 49.0 Å². The molecular formula is C22H18Cl3NO4. The number of ether oxygens (including phenoxy) is 3. The number of hydrogen-bond donors (Lipinski definition) is 0. The van der Waals surface area contributed by atoms with Gasteiger partial charge in [-0.3, -0.25) is 9.78 Å². The van der Waals surface area contributed by atoms with Crippen LogP contribution in [0.15, 0.2) is 48.8 Å². The highest BCUT2D eigenvalue weighted by Gasteiger charge is 2.23. The van der Waals surface area contributed by atoms with Crippen molar-refractivity contribution >= 4 is 40.6 Å². The van der Waals surface area contributed by atoms with Gasteiger partial charge >= 0.3 is 0 Å². The first kappa shape index (κ1) is 22.2. The SMILES string of the molecule is COc1ccc(C(=O)Cc2c(Cl)cncc2Cl)c(OCc2ccc(Cl)cc2)c1OC. The number of hydrogen-bond acceptors (Lipinski definition) is 5. The average Bonchev–Trinajstić information content (AvgIpc) is 2.75. The fraction of sp³-hybridized carbons (Fsp3) is 0.182. The Morgan fingerprint density at radius 1 is 0.900 bits per heavy atom. The lowest BCUT2D eigenvalue weighted by molar-refractivity contribution is 0.0987. The van der Waals surface area contributed by atoms with Gasteiger partial charge in [-0.2, -0.15) is 0 Å². The molecule has 0 bridgehead atoms. The van der Waals surface area contributed by atoms with Crippen LogP contribution in [0.25, 0.3) is 0 Å². The third-order valence-corrected chi connectivity index (χ3v) is 5.29. The lowest BCUT2D eigenvalue weighted by atomic mass is 10.0. The topological polar surface area (TPSA) is 57.7 Å². The van der Waals surface area contributed by atoms with Crippen molar-refractivity contribution < 1.29 is 19.0 Å². The fourth-order valence-corrected chi connectivity index (χ4v) is 3.48. The Bertz CT molecular complexity index is 1030. The van der Waals surface area contributed by atoms with Crippen LogP contribution in [0.4, 0.5) is 0 Å². The van der Waals surface area contributed by atoms with Crippen LogP contribution in [0.1, 0.15) is 21.5 Å². The summed E-state index contributed by atoms with van der Waals surface area (Å²) in [4.78, 5) is 17.0. The Morgan fingerprint density at radius 3 is 2.17 bits per heavy atom. The molecule has 0 saturated heterocycles. The van der Waals surface area contributed by atoms with E-state index in [9.17, 15) is 4.79 Å². The maximum atomic E-state index is 13.1. The molecule has 1 heterocycles. The Hall–Kier alpha value is -2.47. The van der Waals surface area contributed by atoms with Gasteiger partial charge in [-0.25, -0.2) is 0 Å². The van der Waals surface area contributed by atoms with Crippen molar-refractivity contribution in [3.63, 3.8) is 0 Å². The number of benzene rings is 2. The molecule has 30 heavy (non-hydrogen) atoms. The van der Waals surface area contributed by atoms with Crippen molar-refractivity contribution in [3.8, 4) is 17.2 Å². The van der Waals surface area contributed by atoms with Crippen LogP contribution < -0.4 is 14.2 Å². The second-order valence-electron chi connectivity index (χ2n) is 6.27. The first-order valence-electron chi connectivity index (χ1n) is 8.88. The number of aromatic nitrogens is 1. The van der Waals surface area contributed by atoms with Crippen LogP contribution >= 0.6 is 34.8 Å². The molecule has 156 valence electrons. The number of carbonyl (C=O) groups is 1. The molecule has 0 fully saturated rings. The number of carbonyl (C=O) groups excluding carboxylic acids is 1. The third-order valence-electron chi connectivity index (χ3n) is 4.39. The highest BCUT2D eigenvalue weighted by molar-refractivity contribution is 6.36. The lowest BCUT2D eigenvalue weighted by Crippen LogP contribution is -2.10. The summed E-state index contributed by atoms with van der Waals surface area (Å²) in [5.74, 6) is 0.805. The summed E-state index contributed by atoms with van der Waals surface area (Å²) in [6.07, 6.45) is 2.87. The number of nitrogens with zero attached hydrogens (tertiary/aromatic N) is 1. The molecule has 0 aliphatic rings. The first-order valence-corrected chi connectivity index (χ1v) is 10.0. The van der Waals surface area contributed by atoms with Gasteiger partial charge in [-0.15, -0.1) is 0 Å². The normalized spacial score (nSPS) is 10.6. The average molecular weight is 467 g/mol. The van der Waals surface area contributed by atoms with Gasteiger partial charge in [-0.05, 0) is 29.8 Å². The fourth-order valence-electron chi connectivity index (χ4n) is 2.86. The van der Waals surface area contributed by atoms with Crippen molar-refractivity contribution in [2.45, 2.75) is 13.0 Å². The predicted octanol–water partition coefficient (Wildman–Crippen LogP) is 6.06. The van der Waals surface area contributed by atoms with Crippen LogP contribution in [-0.4, -0.2) is 25.0 Å². The number of methoxy groups -OCH3 is 2. The van der Waals surface area contributed by atoms with E-state index in [1.54, 1.807) is 24.3 Å². The van der Waals surface area contributed by atoms with Gasteiger partial charge < -0.3 is 14.2 Å². The summed E-state index contributed by atoms with van der Waals surface area (Å²) in [7, 11) is 3.00. The van der Waals surface area contributed by atoms with E-state index in [-0.39, 0.29) is 24.6 Å². The van der Waals surface area contributed by atoms with Crippen molar-refractivity contribution in [1.29, 1.82) is 0 Å². The summed E-state index contributed by atoms with van der Waals surface area (Å²) >= 11 is 18.3. The molecule has 8 heteroatoms. The number of halogens is 3. The maximum Gasteiger partial charge on any atom is 0.204 e. The van der Waals surface area contributed by atoms with Gasteiger partial charge in [0.2, 0.25) is 5.75 Å². The Kier molecular flexibility index (Phi) is 7.43. The minimum atomic E-state index is -0.239. The van der Waals surface area contributed by atoms with Crippen molar-refractivity contribution in [3.05, 3.63) is 80.6 Å². The van der Waals surface area contributed by atoms with Crippen LogP contribution in [0.3, 0.4) is 0 Å². The molecule has 0 radical (unpaired) electrons. The van der Waals surface area contributed by atoms with Crippen molar-refractivity contribution in [1.82, 2.24) is 4.98 Å². The molecule has 0 unspecified atom stereocenters. The molecule has 0 aliphatic carbocycles. The molecule has 0 aliphatic heterocycles. The minimum Gasteiger partial charge on any atom is -0.493 e. The van der Waals surface area contributed by atoms with Crippen LogP contribution in [0.2, 0.25) is 15.1 Å². The quantitative estimate of drug-likeness (QED) is 0.377. The summed E-state index contributed by atoms with van der Waals surface area (Å²) in [5, 5.41) is 1.26. The summed E-state index contributed by atoms with van der Waals surface area (Å²) in [5.41, 5.74) is 1.70. The van der Waals surface area contributed by atoms with E-state index < -0.39 is 0 Å². The zero-order valence-corrected chi connectivity index (χ0v) is 18.5. The smallest absolute Gasteiger partial charge is 0.204 e. The Balaban J connectivity index is 1.96. The summed E-state index contributed by atoms with van der Waals surface area (Å²) in [6.45, 7) is 0.206. The molecule has 3 rings (SSSR count). The Labute approximate surface area is 189 Å². The number of pyridine rings is 1. The molecular weight excluding hydrogens is 449 g/mol. The zero-order valence-electron chi connectivity index (χ0n) is 16.2. The third kappa shape index (κ3) is 4.98. The molecule has 0 atom stereocenters. The molecule has 3 aromatic rings. The molecule has 2 aromatic carbocycles. The standard InChI is InChI=1S/C22H18Cl3NO4/c1-28-20-8-7-15(19(27)9-16-17(24)10-26-11-18(16)25)21(22(20)29-2)30-12-13-3-5-14(23)6-4-13/h3-8,10-11H,9,12H2,1-2H3. The highest BCUT2D eigenvalue weighted by Crippen LogP contribution is 2.41. The second-order valence-corrected chi connectivity index (χ2v) is 7.53. The summed E-state index contributed by atoms with van der Waals surface area (Å²) in [6, 6.07) is 10.5. The van der Waals surface area contributed by atoms with E-state index >= 15 is 0 Å².